The maximum atomic E-state index is 11.8. The smallest absolute Gasteiger partial charge is 0.338 e. The summed E-state index contributed by atoms with van der Waals surface area (Å²) < 4.78 is 7.15. The van der Waals surface area contributed by atoms with E-state index in [0.29, 0.717) is 18.0 Å². The van der Waals surface area contributed by atoms with Gasteiger partial charge in [-0.15, -0.1) is 0 Å². The van der Waals surface area contributed by atoms with Gasteiger partial charge in [0.25, 0.3) is 0 Å². The fourth-order valence-electron chi connectivity index (χ4n) is 2.87. The lowest BCUT2D eigenvalue weighted by molar-refractivity contribution is 0.0526. The van der Waals surface area contributed by atoms with E-state index in [9.17, 15) is 4.79 Å². The van der Waals surface area contributed by atoms with E-state index < -0.39 is 0 Å². The molecule has 3 aromatic rings. The molecule has 6 heteroatoms. The Bertz CT molecular complexity index is 944. The summed E-state index contributed by atoms with van der Waals surface area (Å²) >= 11 is 0. The largest absolute Gasteiger partial charge is 0.462 e. The Morgan fingerprint density at radius 3 is 2.67 bits per heavy atom. The van der Waals surface area contributed by atoms with Crippen molar-refractivity contribution in [3.05, 3.63) is 77.2 Å². The lowest BCUT2D eigenvalue weighted by Gasteiger charge is -2.10. The number of nitrogens with zero attached hydrogens (tertiary/aromatic N) is 3. The first kappa shape index (κ1) is 18.4. The normalized spacial score (nSPS) is 10.9. The molecule has 0 amide bonds. The average molecular weight is 362 g/mol. The van der Waals surface area contributed by atoms with Gasteiger partial charge in [0.2, 0.25) is 0 Å². The first-order valence-electron chi connectivity index (χ1n) is 8.76. The third-order valence-electron chi connectivity index (χ3n) is 4.15. The van der Waals surface area contributed by atoms with Crippen molar-refractivity contribution >= 4 is 18.0 Å². The van der Waals surface area contributed by atoms with Gasteiger partial charge in [0.05, 0.1) is 18.4 Å². The summed E-state index contributed by atoms with van der Waals surface area (Å²) in [6.07, 6.45) is 3.49. The zero-order chi connectivity index (χ0) is 19.2. The second-order valence-corrected chi connectivity index (χ2v) is 6.01. The molecule has 1 N–H and O–H groups in total. The molecule has 0 aliphatic carbocycles. The number of aromatic nitrogens is 2. The highest BCUT2D eigenvalue weighted by Gasteiger charge is 2.11. The number of carbonyl (C=O) groups excluding carboxylic acids is 1. The van der Waals surface area contributed by atoms with Gasteiger partial charge in [-0.2, -0.15) is 5.10 Å². The molecule has 2 aromatic heterocycles. The van der Waals surface area contributed by atoms with Crippen molar-refractivity contribution in [2.75, 3.05) is 12.0 Å². The van der Waals surface area contributed by atoms with Crippen LogP contribution in [-0.4, -0.2) is 28.3 Å². The zero-order valence-corrected chi connectivity index (χ0v) is 15.6. The van der Waals surface area contributed by atoms with Gasteiger partial charge in [-0.3, -0.25) is 5.43 Å². The fourth-order valence-corrected chi connectivity index (χ4v) is 2.87. The van der Waals surface area contributed by atoms with E-state index in [-0.39, 0.29) is 5.97 Å². The molecule has 0 saturated heterocycles. The number of hydrogen-bond acceptors (Lipinski definition) is 5. The molecule has 0 atom stereocenters. The van der Waals surface area contributed by atoms with E-state index in [4.69, 9.17) is 4.74 Å². The molecule has 2 heterocycles. The number of esters is 1. The van der Waals surface area contributed by atoms with Crippen LogP contribution in [0.5, 0.6) is 0 Å². The van der Waals surface area contributed by atoms with Crippen molar-refractivity contribution in [2.45, 2.75) is 20.8 Å². The van der Waals surface area contributed by atoms with E-state index in [0.717, 1.165) is 22.6 Å². The lowest BCUT2D eigenvalue weighted by atomic mass is 10.2. The molecular formula is C21H22N4O2. The van der Waals surface area contributed by atoms with Gasteiger partial charge in [0.15, 0.2) is 0 Å². The highest BCUT2D eigenvalue weighted by atomic mass is 16.5. The molecule has 3 rings (SSSR count). The van der Waals surface area contributed by atoms with Crippen LogP contribution in [-0.2, 0) is 4.74 Å². The number of rotatable bonds is 6. The van der Waals surface area contributed by atoms with E-state index in [2.05, 4.69) is 26.1 Å². The van der Waals surface area contributed by atoms with Gasteiger partial charge in [0.1, 0.15) is 5.82 Å². The molecule has 0 saturated carbocycles. The number of benzene rings is 1. The highest BCUT2D eigenvalue weighted by molar-refractivity contribution is 5.89. The molecule has 0 aliphatic rings. The number of hydrogen-bond donors (Lipinski definition) is 1. The Kier molecular flexibility index (Phi) is 5.66. The van der Waals surface area contributed by atoms with Crippen LogP contribution in [0.25, 0.3) is 5.69 Å². The SMILES string of the molecule is CCOC(=O)c1ccc(-n2c(C)cc(/C=N\Nc3ccccn3)c2C)cc1. The molecule has 138 valence electrons. The maximum absolute atomic E-state index is 11.8. The van der Waals surface area contributed by atoms with Crippen LogP contribution in [0.2, 0.25) is 0 Å². The van der Waals surface area contributed by atoms with Gasteiger partial charge < -0.3 is 9.30 Å². The number of nitrogens with one attached hydrogen (secondary N) is 1. The van der Waals surface area contributed by atoms with Gasteiger partial charge in [-0.25, -0.2) is 9.78 Å². The van der Waals surface area contributed by atoms with Crippen molar-refractivity contribution in [1.29, 1.82) is 0 Å². The van der Waals surface area contributed by atoms with Crippen LogP contribution in [0.4, 0.5) is 5.82 Å². The third-order valence-corrected chi connectivity index (χ3v) is 4.15. The van der Waals surface area contributed by atoms with Crippen LogP contribution >= 0.6 is 0 Å². The summed E-state index contributed by atoms with van der Waals surface area (Å²) in [6, 6.07) is 15.1. The van der Waals surface area contributed by atoms with Crippen molar-refractivity contribution in [3.8, 4) is 5.69 Å². The number of aryl methyl sites for hydroxylation is 1. The Hall–Kier alpha value is -3.41. The van der Waals surface area contributed by atoms with Crippen molar-refractivity contribution in [2.24, 2.45) is 5.10 Å². The quantitative estimate of drug-likeness (QED) is 0.407. The molecule has 27 heavy (non-hydrogen) atoms. The Balaban J connectivity index is 1.80. The molecule has 0 bridgehead atoms. The number of pyridine rings is 1. The molecule has 0 fully saturated rings. The summed E-state index contributed by atoms with van der Waals surface area (Å²) in [5.74, 6) is 0.385. The second-order valence-electron chi connectivity index (χ2n) is 6.01. The number of ether oxygens (including phenoxy) is 1. The van der Waals surface area contributed by atoms with Gasteiger partial charge in [0, 0.05) is 28.8 Å². The summed E-state index contributed by atoms with van der Waals surface area (Å²) in [7, 11) is 0. The van der Waals surface area contributed by atoms with Crippen molar-refractivity contribution < 1.29 is 9.53 Å². The molecule has 0 aliphatic heterocycles. The van der Waals surface area contributed by atoms with E-state index in [1.807, 2.05) is 44.2 Å². The van der Waals surface area contributed by atoms with Crippen LogP contribution < -0.4 is 5.43 Å². The average Bonchev–Trinajstić information content (AvgIpc) is 2.96. The van der Waals surface area contributed by atoms with Crippen molar-refractivity contribution in [1.82, 2.24) is 9.55 Å². The third kappa shape index (κ3) is 4.23. The summed E-state index contributed by atoms with van der Waals surface area (Å²) in [5.41, 5.74) is 7.59. The molecule has 6 nitrogen and oxygen atoms in total. The lowest BCUT2D eigenvalue weighted by Crippen LogP contribution is -2.05. The second kappa shape index (κ2) is 8.31. The Morgan fingerprint density at radius 2 is 2.00 bits per heavy atom. The minimum absolute atomic E-state index is 0.307. The molecule has 1 aromatic carbocycles. The predicted molar refractivity (Wildman–Crippen MR) is 107 cm³/mol. The fraction of sp³-hybridized carbons (Fsp3) is 0.190. The molecule has 0 radical (unpaired) electrons. The molecule has 0 unspecified atom stereocenters. The summed E-state index contributed by atoms with van der Waals surface area (Å²) in [5, 5.41) is 4.27. The number of carbonyl (C=O) groups is 1. The monoisotopic (exact) mass is 362 g/mol. The maximum Gasteiger partial charge on any atom is 0.338 e. The minimum atomic E-state index is -0.307. The minimum Gasteiger partial charge on any atom is -0.462 e. The highest BCUT2D eigenvalue weighted by Crippen LogP contribution is 2.20. The number of hydrazone groups is 1. The van der Waals surface area contributed by atoms with Gasteiger partial charge in [-0.05, 0) is 63.2 Å². The van der Waals surface area contributed by atoms with Gasteiger partial charge in [-0.1, -0.05) is 6.07 Å². The van der Waals surface area contributed by atoms with E-state index in [1.54, 1.807) is 31.5 Å². The predicted octanol–water partition coefficient (Wildman–Crippen LogP) is 4.11. The topological polar surface area (TPSA) is 68.5 Å². The molecule has 0 spiro atoms. The Labute approximate surface area is 158 Å². The number of anilines is 1. The summed E-state index contributed by atoms with van der Waals surface area (Å²) in [4.78, 5) is 16.0. The van der Waals surface area contributed by atoms with Crippen LogP contribution in [0.15, 0.2) is 59.8 Å². The standard InChI is InChI=1S/C21H22N4O2/c1-4-27-21(26)17-8-10-19(11-9-17)25-15(2)13-18(16(25)3)14-23-24-20-7-5-6-12-22-20/h5-14H,4H2,1-3H3,(H,22,24)/b23-14-. The van der Waals surface area contributed by atoms with Crippen LogP contribution in [0.1, 0.15) is 34.2 Å². The first-order valence-corrected chi connectivity index (χ1v) is 8.76. The van der Waals surface area contributed by atoms with Gasteiger partial charge >= 0.3 is 5.97 Å². The first-order chi connectivity index (χ1) is 13.1. The molecular weight excluding hydrogens is 340 g/mol. The Morgan fingerprint density at radius 1 is 1.22 bits per heavy atom. The van der Waals surface area contributed by atoms with Crippen LogP contribution in [0.3, 0.4) is 0 Å². The summed E-state index contributed by atoms with van der Waals surface area (Å²) in [6.45, 7) is 6.24. The van der Waals surface area contributed by atoms with E-state index >= 15 is 0 Å². The van der Waals surface area contributed by atoms with E-state index in [1.165, 1.54) is 0 Å². The zero-order valence-electron chi connectivity index (χ0n) is 15.6. The van der Waals surface area contributed by atoms with Crippen LogP contribution in [0, 0.1) is 13.8 Å². The van der Waals surface area contributed by atoms with Crippen molar-refractivity contribution in [3.63, 3.8) is 0 Å².